The van der Waals surface area contributed by atoms with Crippen molar-refractivity contribution < 1.29 is 21.6 Å². The molecular formula is C27H25N5O5S2. The van der Waals surface area contributed by atoms with Gasteiger partial charge in [0.25, 0.3) is 15.9 Å². The van der Waals surface area contributed by atoms with E-state index >= 15 is 0 Å². The summed E-state index contributed by atoms with van der Waals surface area (Å²) in [5, 5.41) is 6.87. The summed E-state index contributed by atoms with van der Waals surface area (Å²) in [5.74, 6) is -0.194. The standard InChI is InChI=1S/C27H25N5O5S2/c1-3-32-17-22(28-25-18(2)29-30-26(25)27(32)33)19-13-15-20(16-14-19)31-39(36,37)24-12-8-7-11-23(24)38(34,35)21-9-5-4-6-10-21/h4-16,31H,3,17H2,1-2H3,(H,29,30). The monoisotopic (exact) mass is 563 g/mol. The number of nitrogens with one attached hydrogen (secondary N) is 2. The van der Waals surface area contributed by atoms with Gasteiger partial charge >= 0.3 is 0 Å². The number of sulfonamides is 1. The average molecular weight is 564 g/mol. The first-order chi connectivity index (χ1) is 18.6. The zero-order valence-electron chi connectivity index (χ0n) is 21.1. The molecule has 0 bridgehead atoms. The van der Waals surface area contributed by atoms with Crippen LogP contribution in [0.5, 0.6) is 0 Å². The molecule has 0 spiro atoms. The second-order valence-corrected chi connectivity index (χ2v) is 12.4. The molecule has 10 nitrogen and oxygen atoms in total. The van der Waals surface area contributed by atoms with Gasteiger partial charge < -0.3 is 4.90 Å². The number of aromatic nitrogens is 2. The Morgan fingerprint density at radius 2 is 1.54 bits per heavy atom. The summed E-state index contributed by atoms with van der Waals surface area (Å²) >= 11 is 0. The van der Waals surface area contributed by atoms with Gasteiger partial charge in [0, 0.05) is 12.2 Å². The molecule has 39 heavy (non-hydrogen) atoms. The first kappa shape index (κ1) is 26.3. The van der Waals surface area contributed by atoms with E-state index in [4.69, 9.17) is 4.99 Å². The molecule has 2 heterocycles. The Morgan fingerprint density at radius 1 is 0.897 bits per heavy atom. The van der Waals surface area contributed by atoms with Crippen LogP contribution in [0.2, 0.25) is 0 Å². The first-order valence-electron chi connectivity index (χ1n) is 12.1. The molecule has 12 heteroatoms. The number of hydrogen-bond acceptors (Lipinski definition) is 7. The summed E-state index contributed by atoms with van der Waals surface area (Å²) in [5.41, 5.74) is 2.97. The zero-order valence-corrected chi connectivity index (χ0v) is 22.8. The normalized spacial score (nSPS) is 13.9. The molecule has 0 unspecified atom stereocenters. The van der Waals surface area contributed by atoms with Crippen molar-refractivity contribution in [2.45, 2.75) is 28.5 Å². The van der Waals surface area contributed by atoms with Crippen LogP contribution >= 0.6 is 0 Å². The largest absolute Gasteiger partial charge is 0.332 e. The Morgan fingerprint density at radius 3 is 2.21 bits per heavy atom. The van der Waals surface area contributed by atoms with Gasteiger partial charge in [0.05, 0.1) is 27.7 Å². The van der Waals surface area contributed by atoms with Gasteiger partial charge in [0.1, 0.15) is 16.3 Å². The molecule has 5 rings (SSSR count). The van der Waals surface area contributed by atoms with Crippen molar-refractivity contribution in [3.63, 3.8) is 0 Å². The Bertz CT molecular complexity index is 1800. The Kier molecular flexibility index (Phi) is 6.83. The Labute approximate surface area is 226 Å². The molecule has 2 N–H and O–H groups in total. The van der Waals surface area contributed by atoms with Gasteiger partial charge in [-0.05, 0) is 55.8 Å². The van der Waals surface area contributed by atoms with Crippen molar-refractivity contribution in [1.29, 1.82) is 0 Å². The number of nitrogens with zero attached hydrogens (tertiary/aromatic N) is 3. The third-order valence-electron chi connectivity index (χ3n) is 6.34. The molecule has 0 radical (unpaired) electrons. The molecule has 0 saturated carbocycles. The van der Waals surface area contributed by atoms with E-state index in [1.54, 1.807) is 54.3 Å². The number of fused-ring (bicyclic) bond motifs is 1. The van der Waals surface area contributed by atoms with Crippen LogP contribution in [0.25, 0.3) is 0 Å². The fourth-order valence-electron chi connectivity index (χ4n) is 4.27. The number of amides is 1. The number of aliphatic imine (C=N–C) groups is 1. The minimum atomic E-state index is -4.26. The molecule has 0 aliphatic carbocycles. The van der Waals surface area contributed by atoms with Gasteiger partial charge in [-0.3, -0.25) is 14.6 Å². The number of benzene rings is 3. The average Bonchev–Trinajstić information content (AvgIpc) is 3.23. The highest BCUT2D eigenvalue weighted by molar-refractivity contribution is 7.95. The molecule has 0 fully saturated rings. The topological polar surface area (TPSA) is 142 Å². The van der Waals surface area contributed by atoms with Crippen LogP contribution in [-0.2, 0) is 19.9 Å². The second-order valence-electron chi connectivity index (χ2n) is 8.86. The van der Waals surface area contributed by atoms with E-state index in [0.717, 1.165) is 0 Å². The lowest BCUT2D eigenvalue weighted by Crippen LogP contribution is -2.34. The molecule has 1 aliphatic heterocycles. The Balaban J connectivity index is 1.45. The molecule has 4 aromatic rings. The fourth-order valence-corrected chi connectivity index (χ4v) is 7.43. The van der Waals surface area contributed by atoms with Gasteiger partial charge in [0.15, 0.2) is 0 Å². The maximum atomic E-state index is 13.3. The molecule has 3 aromatic carbocycles. The van der Waals surface area contributed by atoms with Gasteiger partial charge in [-0.25, -0.2) is 21.8 Å². The number of likely N-dealkylation sites (N-methyl/N-ethyl adjacent to an activating group) is 1. The third-order valence-corrected chi connectivity index (χ3v) is 9.73. The number of carbonyl (C=O) groups is 1. The summed E-state index contributed by atoms with van der Waals surface area (Å²) in [6.45, 7) is 4.38. The maximum absolute atomic E-state index is 13.3. The SMILES string of the molecule is CCN1CC(c2ccc(NS(=O)(=O)c3ccccc3S(=O)(=O)c3ccccc3)cc2)=Nc2c(C)n[nH]c2C1=O. The predicted octanol–water partition coefficient (Wildman–Crippen LogP) is 3.95. The van der Waals surface area contributed by atoms with Crippen molar-refractivity contribution in [2.24, 2.45) is 4.99 Å². The highest BCUT2D eigenvalue weighted by Gasteiger charge is 2.29. The van der Waals surface area contributed by atoms with Crippen LogP contribution in [0.15, 0.2) is 98.5 Å². The minimum Gasteiger partial charge on any atom is -0.332 e. The van der Waals surface area contributed by atoms with E-state index in [0.29, 0.717) is 34.9 Å². The van der Waals surface area contributed by atoms with Gasteiger partial charge in [-0.1, -0.05) is 42.5 Å². The number of hydrogen-bond donors (Lipinski definition) is 2. The van der Waals surface area contributed by atoms with Crippen LogP contribution in [0.4, 0.5) is 11.4 Å². The van der Waals surface area contributed by atoms with Crippen molar-refractivity contribution in [1.82, 2.24) is 15.1 Å². The van der Waals surface area contributed by atoms with E-state index in [1.807, 2.05) is 6.92 Å². The van der Waals surface area contributed by atoms with Crippen molar-refractivity contribution in [3.05, 3.63) is 95.8 Å². The van der Waals surface area contributed by atoms with E-state index < -0.39 is 19.9 Å². The van der Waals surface area contributed by atoms with Crippen LogP contribution in [0, 0.1) is 6.92 Å². The zero-order chi connectivity index (χ0) is 27.8. The van der Waals surface area contributed by atoms with Crippen LogP contribution in [0.3, 0.4) is 0 Å². The maximum Gasteiger partial charge on any atom is 0.274 e. The highest BCUT2D eigenvalue weighted by atomic mass is 32.2. The Hall–Kier alpha value is -4.29. The highest BCUT2D eigenvalue weighted by Crippen LogP contribution is 2.30. The lowest BCUT2D eigenvalue weighted by molar-refractivity contribution is 0.0784. The summed E-state index contributed by atoms with van der Waals surface area (Å²) in [4.78, 5) is 18.5. The van der Waals surface area contributed by atoms with E-state index in [9.17, 15) is 21.6 Å². The lowest BCUT2D eigenvalue weighted by Gasteiger charge is -2.19. The van der Waals surface area contributed by atoms with Crippen LogP contribution in [-0.4, -0.2) is 56.6 Å². The third kappa shape index (κ3) is 4.95. The summed E-state index contributed by atoms with van der Waals surface area (Å²) in [7, 11) is -8.34. The lowest BCUT2D eigenvalue weighted by atomic mass is 10.1. The summed E-state index contributed by atoms with van der Waals surface area (Å²) in [6.07, 6.45) is 0. The second kappa shape index (κ2) is 10.1. The molecule has 1 aromatic heterocycles. The molecule has 200 valence electrons. The molecule has 0 atom stereocenters. The fraction of sp³-hybridized carbons (Fsp3) is 0.148. The number of H-pyrrole nitrogens is 1. The number of sulfone groups is 1. The van der Waals surface area contributed by atoms with Gasteiger partial charge in [-0.15, -0.1) is 0 Å². The van der Waals surface area contributed by atoms with E-state index in [-0.39, 0.29) is 32.8 Å². The van der Waals surface area contributed by atoms with Crippen LogP contribution < -0.4 is 4.72 Å². The van der Waals surface area contributed by atoms with Crippen molar-refractivity contribution in [3.8, 4) is 0 Å². The number of rotatable bonds is 7. The number of aromatic amines is 1. The van der Waals surface area contributed by atoms with Gasteiger partial charge in [0.2, 0.25) is 9.84 Å². The van der Waals surface area contributed by atoms with Crippen LogP contribution in [0.1, 0.15) is 28.7 Å². The number of aryl methyl sites for hydroxylation is 1. The van der Waals surface area contributed by atoms with Crippen molar-refractivity contribution >= 4 is 42.9 Å². The number of anilines is 1. The van der Waals surface area contributed by atoms with Crippen molar-refractivity contribution in [2.75, 3.05) is 17.8 Å². The number of carbonyl (C=O) groups excluding carboxylic acids is 1. The van der Waals surface area contributed by atoms with E-state index in [1.165, 1.54) is 36.4 Å². The molecular weight excluding hydrogens is 538 g/mol. The van der Waals surface area contributed by atoms with Gasteiger partial charge in [-0.2, -0.15) is 5.10 Å². The predicted molar refractivity (Wildman–Crippen MR) is 147 cm³/mol. The smallest absolute Gasteiger partial charge is 0.274 e. The minimum absolute atomic E-state index is 0.00296. The summed E-state index contributed by atoms with van der Waals surface area (Å²) < 4.78 is 55.6. The quantitative estimate of drug-likeness (QED) is 0.349. The molecule has 1 amide bonds. The summed E-state index contributed by atoms with van der Waals surface area (Å²) in [6, 6.07) is 19.7. The molecule has 0 saturated heterocycles. The molecule has 1 aliphatic rings. The van der Waals surface area contributed by atoms with E-state index in [2.05, 4.69) is 14.9 Å². The first-order valence-corrected chi connectivity index (χ1v) is 15.0.